The molecule has 1 saturated heterocycles. The normalized spacial score (nSPS) is 16.1. The van der Waals surface area contributed by atoms with Gasteiger partial charge in [-0.15, -0.1) is 5.10 Å². The van der Waals surface area contributed by atoms with Gasteiger partial charge in [-0.25, -0.2) is 13.9 Å². The highest BCUT2D eigenvalue weighted by molar-refractivity contribution is 14.1. The number of nitrogens with zero attached hydrogens (tertiary/aromatic N) is 5. The van der Waals surface area contributed by atoms with E-state index in [1.54, 1.807) is 6.07 Å². The lowest BCUT2D eigenvalue weighted by Gasteiger charge is -2.22. The number of hydrogen-bond acceptors (Lipinski definition) is 4. The number of benzene rings is 2. The van der Waals surface area contributed by atoms with E-state index in [0.717, 1.165) is 29.3 Å². The minimum Gasteiger partial charge on any atom is -0.360 e. The molecule has 1 unspecified atom stereocenters. The molecule has 8 heteroatoms. The summed E-state index contributed by atoms with van der Waals surface area (Å²) in [6, 6.07) is 16.9. The van der Waals surface area contributed by atoms with Crippen LogP contribution in [0.3, 0.4) is 0 Å². The SMILES string of the molecule is CN(Cc1cc(F)ccc1Cl)c1ccc2ncc(-c3ccc(N4CCCC4I)cc3)n2n1. The maximum atomic E-state index is 13.6. The molecule has 1 aliphatic rings. The van der Waals surface area contributed by atoms with Gasteiger partial charge in [0.05, 0.1) is 15.9 Å². The number of hydrogen-bond donors (Lipinski definition) is 0. The van der Waals surface area contributed by atoms with Gasteiger partial charge < -0.3 is 9.80 Å². The molecule has 0 radical (unpaired) electrons. The number of halogens is 3. The summed E-state index contributed by atoms with van der Waals surface area (Å²) in [5, 5.41) is 5.34. The van der Waals surface area contributed by atoms with Crippen LogP contribution >= 0.6 is 34.2 Å². The Bertz CT molecular complexity index is 1260. The Morgan fingerprint density at radius 2 is 1.97 bits per heavy atom. The minimum absolute atomic E-state index is 0.302. The zero-order valence-electron chi connectivity index (χ0n) is 17.5. The molecular formula is C24H22ClFIN5. The highest BCUT2D eigenvalue weighted by Gasteiger charge is 2.22. The molecule has 5 rings (SSSR count). The first kappa shape index (κ1) is 21.5. The van der Waals surface area contributed by atoms with Crippen molar-refractivity contribution in [3.05, 3.63) is 77.2 Å². The van der Waals surface area contributed by atoms with E-state index in [1.807, 2.05) is 34.8 Å². The molecule has 0 amide bonds. The fourth-order valence-electron chi connectivity index (χ4n) is 4.11. The van der Waals surface area contributed by atoms with Crippen molar-refractivity contribution < 1.29 is 4.39 Å². The van der Waals surface area contributed by atoms with Gasteiger partial charge in [0.1, 0.15) is 11.6 Å². The lowest BCUT2D eigenvalue weighted by molar-refractivity contribution is 0.625. The molecule has 1 fully saturated rings. The van der Waals surface area contributed by atoms with Crippen molar-refractivity contribution in [2.45, 2.75) is 23.4 Å². The van der Waals surface area contributed by atoms with Crippen LogP contribution in [0.25, 0.3) is 16.9 Å². The van der Waals surface area contributed by atoms with Crippen LogP contribution in [0.15, 0.2) is 60.8 Å². The van der Waals surface area contributed by atoms with Gasteiger partial charge in [-0.05, 0) is 60.9 Å². The van der Waals surface area contributed by atoms with E-state index in [-0.39, 0.29) is 5.82 Å². The quantitative estimate of drug-likeness (QED) is 0.166. The van der Waals surface area contributed by atoms with Crippen molar-refractivity contribution in [3.63, 3.8) is 0 Å². The first-order valence-electron chi connectivity index (χ1n) is 10.5. The molecule has 0 saturated carbocycles. The lowest BCUT2D eigenvalue weighted by Crippen LogP contribution is -2.23. The molecule has 1 aliphatic heterocycles. The second-order valence-corrected chi connectivity index (χ2v) is 9.86. The molecule has 5 nitrogen and oxygen atoms in total. The number of alkyl halides is 1. The largest absolute Gasteiger partial charge is 0.360 e. The molecule has 32 heavy (non-hydrogen) atoms. The van der Waals surface area contributed by atoms with Crippen molar-refractivity contribution in [2.24, 2.45) is 0 Å². The smallest absolute Gasteiger partial charge is 0.154 e. The summed E-state index contributed by atoms with van der Waals surface area (Å²) in [6.07, 6.45) is 4.32. The van der Waals surface area contributed by atoms with E-state index in [9.17, 15) is 4.39 Å². The van der Waals surface area contributed by atoms with Gasteiger partial charge in [0.2, 0.25) is 0 Å². The molecule has 0 spiro atoms. The second-order valence-electron chi connectivity index (χ2n) is 8.01. The Morgan fingerprint density at radius 3 is 2.72 bits per heavy atom. The van der Waals surface area contributed by atoms with Crippen molar-refractivity contribution in [2.75, 3.05) is 23.4 Å². The lowest BCUT2D eigenvalue weighted by atomic mass is 10.1. The maximum Gasteiger partial charge on any atom is 0.154 e. The molecule has 164 valence electrons. The van der Waals surface area contributed by atoms with Crippen LogP contribution in [0.4, 0.5) is 15.9 Å². The zero-order chi connectivity index (χ0) is 22.2. The summed E-state index contributed by atoms with van der Waals surface area (Å²) in [5.41, 5.74) is 4.73. The third kappa shape index (κ3) is 4.15. The van der Waals surface area contributed by atoms with Crippen LogP contribution in [0.2, 0.25) is 5.02 Å². The van der Waals surface area contributed by atoms with Crippen molar-refractivity contribution in [1.29, 1.82) is 0 Å². The van der Waals surface area contributed by atoms with Crippen molar-refractivity contribution in [3.8, 4) is 11.3 Å². The molecule has 3 heterocycles. The minimum atomic E-state index is -0.302. The van der Waals surface area contributed by atoms with Crippen molar-refractivity contribution >= 4 is 51.3 Å². The topological polar surface area (TPSA) is 36.7 Å². The van der Waals surface area contributed by atoms with Crippen LogP contribution in [0.1, 0.15) is 18.4 Å². The van der Waals surface area contributed by atoms with Gasteiger partial charge in [-0.2, -0.15) is 0 Å². The van der Waals surface area contributed by atoms with Crippen LogP contribution in [0, 0.1) is 5.82 Å². The molecule has 4 aromatic rings. The fraction of sp³-hybridized carbons (Fsp3) is 0.250. The molecular weight excluding hydrogens is 540 g/mol. The van der Waals surface area contributed by atoms with E-state index < -0.39 is 0 Å². The molecule has 1 atom stereocenters. The molecule has 0 N–H and O–H groups in total. The highest BCUT2D eigenvalue weighted by Crippen LogP contribution is 2.31. The molecule has 2 aromatic carbocycles. The Labute approximate surface area is 205 Å². The molecule has 0 bridgehead atoms. The summed E-state index contributed by atoms with van der Waals surface area (Å²) >= 11 is 8.76. The zero-order valence-corrected chi connectivity index (χ0v) is 20.5. The summed E-state index contributed by atoms with van der Waals surface area (Å²) in [7, 11) is 1.91. The van der Waals surface area contributed by atoms with Crippen LogP contribution in [0.5, 0.6) is 0 Å². The van der Waals surface area contributed by atoms with E-state index in [4.69, 9.17) is 16.7 Å². The van der Waals surface area contributed by atoms with E-state index in [2.05, 4.69) is 56.7 Å². The van der Waals surface area contributed by atoms with Gasteiger partial charge in [-0.3, -0.25) is 0 Å². The number of fused-ring (bicyclic) bond motifs is 1. The number of anilines is 2. The Kier molecular flexibility index (Phi) is 5.94. The van der Waals surface area contributed by atoms with Crippen LogP contribution in [-0.4, -0.2) is 32.2 Å². The van der Waals surface area contributed by atoms with Gasteiger partial charge in [-0.1, -0.05) is 46.3 Å². The predicted octanol–water partition coefficient (Wildman–Crippen LogP) is 6.19. The van der Waals surface area contributed by atoms with Gasteiger partial charge in [0, 0.05) is 36.4 Å². The summed E-state index contributed by atoms with van der Waals surface area (Å²) in [4.78, 5) is 8.91. The third-order valence-corrected chi connectivity index (χ3v) is 7.49. The summed E-state index contributed by atoms with van der Waals surface area (Å²) in [6.45, 7) is 1.55. The van der Waals surface area contributed by atoms with Crippen LogP contribution < -0.4 is 9.80 Å². The summed E-state index contributed by atoms with van der Waals surface area (Å²) in [5.74, 6) is 0.447. The number of aromatic nitrogens is 3. The van der Waals surface area contributed by atoms with E-state index >= 15 is 0 Å². The average Bonchev–Trinajstić information content (AvgIpc) is 3.42. The fourth-order valence-corrected chi connectivity index (χ4v) is 5.32. The molecule has 2 aromatic heterocycles. The third-order valence-electron chi connectivity index (χ3n) is 5.83. The van der Waals surface area contributed by atoms with Gasteiger partial charge in [0.15, 0.2) is 5.65 Å². The van der Waals surface area contributed by atoms with Gasteiger partial charge >= 0.3 is 0 Å². The molecule has 0 aliphatic carbocycles. The average molecular weight is 562 g/mol. The van der Waals surface area contributed by atoms with Gasteiger partial charge in [0.25, 0.3) is 0 Å². The monoisotopic (exact) mass is 561 g/mol. The number of imidazole rings is 1. The standard InChI is InChI=1S/C24H22ClFIN5/c1-30(15-17-13-18(26)6-9-20(17)25)24-11-10-23-28-14-21(32(23)29-24)16-4-7-19(8-5-16)31-12-2-3-22(31)27/h4-11,13-14,22H,2-3,12,15H2,1H3. The van der Waals surface area contributed by atoms with Crippen molar-refractivity contribution in [1.82, 2.24) is 14.6 Å². The Balaban J connectivity index is 1.43. The first-order chi connectivity index (χ1) is 15.5. The number of rotatable bonds is 5. The Morgan fingerprint density at radius 1 is 1.16 bits per heavy atom. The first-order valence-corrected chi connectivity index (χ1v) is 12.1. The second kappa shape index (κ2) is 8.86. The maximum absolute atomic E-state index is 13.6. The summed E-state index contributed by atoms with van der Waals surface area (Å²) < 4.78 is 16.1. The highest BCUT2D eigenvalue weighted by atomic mass is 127. The predicted molar refractivity (Wildman–Crippen MR) is 136 cm³/mol. The Hall–Kier alpha value is -2.39. The van der Waals surface area contributed by atoms with E-state index in [1.165, 1.54) is 30.7 Å². The van der Waals surface area contributed by atoms with E-state index in [0.29, 0.717) is 21.2 Å². The van der Waals surface area contributed by atoms with Crippen LogP contribution in [-0.2, 0) is 6.54 Å².